The summed E-state index contributed by atoms with van der Waals surface area (Å²) >= 11 is 11.0. The Morgan fingerprint density at radius 3 is 1.83 bits per heavy atom. The Bertz CT molecular complexity index is 474. The van der Waals surface area contributed by atoms with Crippen LogP contribution in [-0.2, 0) is 0 Å². The number of hydrogen-bond donors (Lipinski definition) is 0. The van der Waals surface area contributed by atoms with Gasteiger partial charge < -0.3 is 0 Å². The largest absolute Gasteiger partial charge is 0.226 e. The molecule has 0 saturated carbocycles. The molecule has 0 aliphatic heterocycles. The third-order valence-corrected chi connectivity index (χ3v) is 3.10. The Kier molecular flexibility index (Phi) is 4.12. The molecule has 0 bridgehead atoms. The molecule has 0 aliphatic rings. The number of anilines is 2. The van der Waals surface area contributed by atoms with Crippen molar-refractivity contribution < 1.29 is 4.48 Å². The zero-order valence-electron chi connectivity index (χ0n) is 9.33. The molecular formula is C13H10ClFN2S. The first-order chi connectivity index (χ1) is 8.70. The quantitative estimate of drug-likeness (QED) is 0.597. The van der Waals surface area contributed by atoms with Crippen LogP contribution in [0.5, 0.6) is 0 Å². The standard InChI is InChI=1S/C13H10ClFN2S/c14-16(11-7-3-1-4-8-11)13(18)17(15)12-9-5-2-6-10-12/h1-10H. The minimum absolute atomic E-state index is 0.130. The third kappa shape index (κ3) is 2.78. The van der Waals surface area contributed by atoms with E-state index in [9.17, 15) is 4.48 Å². The molecule has 18 heavy (non-hydrogen) atoms. The van der Waals surface area contributed by atoms with Crippen molar-refractivity contribution in [1.82, 2.24) is 0 Å². The molecule has 0 N–H and O–H groups in total. The normalized spacial score (nSPS) is 9.89. The Morgan fingerprint density at radius 1 is 0.889 bits per heavy atom. The molecule has 0 spiro atoms. The van der Waals surface area contributed by atoms with E-state index >= 15 is 0 Å². The van der Waals surface area contributed by atoms with Gasteiger partial charge in [-0.15, -0.1) is 0 Å². The van der Waals surface area contributed by atoms with Gasteiger partial charge >= 0.3 is 0 Å². The van der Waals surface area contributed by atoms with Gasteiger partial charge in [-0.05, 0) is 36.5 Å². The monoisotopic (exact) mass is 280 g/mol. The SMILES string of the molecule is FN(C(=S)N(Cl)c1ccccc1)c1ccccc1. The van der Waals surface area contributed by atoms with Crippen molar-refractivity contribution >= 4 is 40.5 Å². The van der Waals surface area contributed by atoms with Crippen LogP contribution in [0.3, 0.4) is 0 Å². The van der Waals surface area contributed by atoms with Crippen LogP contribution in [0.15, 0.2) is 60.7 Å². The smallest absolute Gasteiger partial charge is 0.224 e. The van der Waals surface area contributed by atoms with Crippen molar-refractivity contribution in [2.75, 3.05) is 9.54 Å². The summed E-state index contributed by atoms with van der Waals surface area (Å²) in [6, 6.07) is 17.4. The van der Waals surface area contributed by atoms with E-state index in [4.69, 9.17) is 24.0 Å². The van der Waals surface area contributed by atoms with Crippen molar-refractivity contribution in [3.8, 4) is 0 Å². The van der Waals surface area contributed by atoms with Crippen molar-refractivity contribution in [3.63, 3.8) is 0 Å². The lowest BCUT2D eigenvalue weighted by Crippen LogP contribution is -2.32. The van der Waals surface area contributed by atoms with Crippen LogP contribution in [0.2, 0.25) is 0 Å². The van der Waals surface area contributed by atoms with Crippen LogP contribution in [0.1, 0.15) is 0 Å². The fourth-order valence-electron chi connectivity index (χ4n) is 1.42. The van der Waals surface area contributed by atoms with Crippen molar-refractivity contribution in [1.29, 1.82) is 0 Å². The molecule has 0 amide bonds. The second-order valence-corrected chi connectivity index (χ2v) is 4.22. The number of thiocarbonyl (C=S) groups is 1. The average molecular weight is 281 g/mol. The third-order valence-electron chi connectivity index (χ3n) is 2.30. The zero-order valence-corrected chi connectivity index (χ0v) is 10.9. The maximum atomic E-state index is 14.0. The highest BCUT2D eigenvalue weighted by Gasteiger charge is 2.18. The van der Waals surface area contributed by atoms with Gasteiger partial charge in [0.05, 0.1) is 11.4 Å². The summed E-state index contributed by atoms with van der Waals surface area (Å²) < 4.78 is 15.1. The summed E-state index contributed by atoms with van der Waals surface area (Å²) in [5.41, 5.74) is 0.951. The molecule has 2 aromatic carbocycles. The van der Waals surface area contributed by atoms with Gasteiger partial charge in [0.1, 0.15) is 0 Å². The van der Waals surface area contributed by atoms with Crippen molar-refractivity contribution in [2.45, 2.75) is 0 Å². The molecule has 0 heterocycles. The van der Waals surface area contributed by atoms with Gasteiger partial charge in [0.25, 0.3) is 0 Å². The number of halogens is 2. The number of hydrogen-bond acceptors (Lipinski definition) is 1. The van der Waals surface area contributed by atoms with Gasteiger partial charge in [-0.1, -0.05) is 40.9 Å². The number of rotatable bonds is 2. The van der Waals surface area contributed by atoms with Crippen LogP contribution in [-0.4, -0.2) is 5.11 Å². The second kappa shape index (κ2) is 5.80. The summed E-state index contributed by atoms with van der Waals surface area (Å²) in [6.45, 7) is 0. The molecule has 5 heteroatoms. The van der Waals surface area contributed by atoms with Crippen LogP contribution >= 0.6 is 24.0 Å². The maximum Gasteiger partial charge on any atom is 0.224 e. The highest BCUT2D eigenvalue weighted by molar-refractivity contribution is 7.81. The van der Waals surface area contributed by atoms with E-state index in [-0.39, 0.29) is 5.11 Å². The van der Waals surface area contributed by atoms with Crippen LogP contribution in [0, 0.1) is 0 Å². The minimum atomic E-state index is -0.130. The van der Waals surface area contributed by atoms with Gasteiger partial charge in [-0.2, -0.15) is 5.12 Å². The predicted molar refractivity (Wildman–Crippen MR) is 77.4 cm³/mol. The second-order valence-electron chi connectivity index (χ2n) is 3.52. The predicted octanol–water partition coefficient (Wildman–Crippen LogP) is 4.32. The molecule has 92 valence electrons. The van der Waals surface area contributed by atoms with E-state index in [1.54, 1.807) is 54.6 Å². The summed E-state index contributed by atoms with van der Waals surface area (Å²) in [5, 5.41) is 0.240. The van der Waals surface area contributed by atoms with E-state index in [0.29, 0.717) is 16.5 Å². The molecule has 0 aliphatic carbocycles. The number of benzene rings is 2. The summed E-state index contributed by atoms with van der Waals surface area (Å²) in [4.78, 5) is 0. The van der Waals surface area contributed by atoms with E-state index in [1.807, 2.05) is 6.07 Å². The van der Waals surface area contributed by atoms with Crippen LogP contribution in [0.25, 0.3) is 0 Å². The molecule has 2 rings (SSSR count). The summed E-state index contributed by atoms with van der Waals surface area (Å²) in [6.07, 6.45) is 0. The molecule has 2 aromatic rings. The van der Waals surface area contributed by atoms with Gasteiger partial charge in [0.2, 0.25) is 5.11 Å². The lowest BCUT2D eigenvalue weighted by molar-refractivity contribution is 0.522. The first-order valence-electron chi connectivity index (χ1n) is 5.26. The van der Waals surface area contributed by atoms with E-state index in [2.05, 4.69) is 0 Å². The van der Waals surface area contributed by atoms with E-state index in [0.717, 1.165) is 4.42 Å². The molecule has 0 unspecified atom stereocenters. The van der Waals surface area contributed by atoms with E-state index < -0.39 is 0 Å². The summed E-state index contributed by atoms with van der Waals surface area (Å²) in [7, 11) is 0. The fraction of sp³-hybridized carbons (Fsp3) is 0. The topological polar surface area (TPSA) is 6.48 Å². The molecule has 0 radical (unpaired) electrons. The first-order valence-corrected chi connectivity index (χ1v) is 6.00. The zero-order chi connectivity index (χ0) is 13.0. The molecule has 0 atom stereocenters. The van der Waals surface area contributed by atoms with Gasteiger partial charge in [0, 0.05) is 11.8 Å². The summed E-state index contributed by atoms with van der Waals surface area (Å²) in [5.74, 6) is 0. The minimum Gasteiger partial charge on any atom is -0.226 e. The lowest BCUT2D eigenvalue weighted by atomic mass is 10.3. The molecule has 2 nitrogen and oxygen atoms in total. The Labute approximate surface area is 115 Å². The Morgan fingerprint density at radius 2 is 1.33 bits per heavy atom. The highest BCUT2D eigenvalue weighted by Crippen LogP contribution is 2.22. The van der Waals surface area contributed by atoms with Gasteiger partial charge in [-0.25, -0.2) is 4.42 Å². The number of nitrogens with zero attached hydrogens (tertiary/aromatic N) is 2. The lowest BCUT2D eigenvalue weighted by Gasteiger charge is -2.21. The first kappa shape index (κ1) is 12.8. The van der Waals surface area contributed by atoms with Crippen molar-refractivity contribution in [3.05, 3.63) is 60.7 Å². The molecular weight excluding hydrogens is 271 g/mol. The average Bonchev–Trinajstić information content (AvgIpc) is 2.47. The van der Waals surface area contributed by atoms with Gasteiger partial charge in [-0.3, -0.25) is 0 Å². The Hall–Kier alpha value is -1.65. The van der Waals surface area contributed by atoms with Crippen LogP contribution in [0.4, 0.5) is 15.9 Å². The Balaban J connectivity index is 2.17. The van der Waals surface area contributed by atoms with E-state index in [1.165, 1.54) is 0 Å². The van der Waals surface area contributed by atoms with Crippen LogP contribution < -0.4 is 9.54 Å². The molecule has 0 fully saturated rings. The number of para-hydroxylation sites is 2. The molecule has 0 aromatic heterocycles. The fourth-order valence-corrected chi connectivity index (χ4v) is 1.81. The highest BCUT2D eigenvalue weighted by atomic mass is 35.5. The van der Waals surface area contributed by atoms with Crippen molar-refractivity contribution in [2.24, 2.45) is 0 Å². The molecule has 0 saturated heterocycles. The maximum absolute atomic E-state index is 14.0. The van der Waals surface area contributed by atoms with Gasteiger partial charge in [0.15, 0.2) is 0 Å².